The van der Waals surface area contributed by atoms with Crippen molar-refractivity contribution < 1.29 is 0 Å². The topological polar surface area (TPSA) is 42.9 Å². The number of thioether (sulfide) groups is 1. The third kappa shape index (κ3) is 10.4. The van der Waals surface area contributed by atoms with E-state index in [-0.39, 0.29) is 0 Å². The zero-order valence-electron chi connectivity index (χ0n) is 16.1. The molecule has 1 aliphatic rings. The largest absolute Gasteiger partial charge is 0.357 e. The van der Waals surface area contributed by atoms with Gasteiger partial charge >= 0.3 is 0 Å². The van der Waals surface area contributed by atoms with Crippen LogP contribution in [-0.2, 0) is 0 Å². The van der Waals surface area contributed by atoms with E-state index in [1.165, 1.54) is 70.7 Å². The van der Waals surface area contributed by atoms with Crippen LogP contribution in [0.2, 0.25) is 0 Å². The first-order chi connectivity index (χ1) is 11.8. The smallest absolute Gasteiger partial charge is 0.191 e. The van der Waals surface area contributed by atoms with Gasteiger partial charge in [0.2, 0.25) is 0 Å². The van der Waals surface area contributed by atoms with Crippen molar-refractivity contribution in [3.05, 3.63) is 0 Å². The molecular formula is C18H39N5S. The minimum Gasteiger partial charge on any atom is -0.357 e. The number of hydrogen-bond acceptors (Lipinski definition) is 4. The molecule has 1 saturated heterocycles. The molecule has 1 rings (SSSR count). The summed E-state index contributed by atoms with van der Waals surface area (Å²) in [7, 11) is 0. The van der Waals surface area contributed by atoms with E-state index in [9.17, 15) is 0 Å². The van der Waals surface area contributed by atoms with Crippen molar-refractivity contribution >= 4 is 17.7 Å². The third-order valence-corrected chi connectivity index (χ3v) is 5.17. The number of guanidine groups is 1. The number of likely N-dealkylation sites (N-methyl/N-ethyl adjacent to an activating group) is 1. The van der Waals surface area contributed by atoms with E-state index in [0.29, 0.717) is 0 Å². The monoisotopic (exact) mass is 357 g/mol. The molecule has 24 heavy (non-hydrogen) atoms. The van der Waals surface area contributed by atoms with Gasteiger partial charge in [-0.05, 0) is 57.7 Å². The Morgan fingerprint density at radius 2 is 1.71 bits per heavy atom. The molecule has 2 N–H and O–H groups in total. The Balaban J connectivity index is 2.08. The van der Waals surface area contributed by atoms with Gasteiger partial charge in [0.25, 0.3) is 0 Å². The lowest BCUT2D eigenvalue weighted by Gasteiger charge is -2.33. The summed E-state index contributed by atoms with van der Waals surface area (Å²) in [6, 6.07) is 0. The normalized spacial score (nSPS) is 17.2. The molecule has 1 fully saturated rings. The Morgan fingerprint density at radius 3 is 2.38 bits per heavy atom. The Labute approximate surface area is 154 Å². The van der Waals surface area contributed by atoms with Gasteiger partial charge in [-0.2, -0.15) is 11.8 Å². The summed E-state index contributed by atoms with van der Waals surface area (Å²) in [6.45, 7) is 14.6. The molecule has 0 aromatic heterocycles. The number of aliphatic imine (C=N–C) groups is 1. The lowest BCUT2D eigenvalue weighted by atomic mass is 10.2. The van der Waals surface area contributed by atoms with Crippen LogP contribution < -0.4 is 10.6 Å². The molecule has 5 nitrogen and oxygen atoms in total. The standard InChI is InChI=1S/C18H39N5S/c1-4-19-18(21-11-7-9-17-24-3)20-10-6-8-12-23-15-13-22(5-2)14-16-23/h4-17H2,1-3H3,(H2,19,20,21). The highest BCUT2D eigenvalue weighted by Gasteiger charge is 2.14. The van der Waals surface area contributed by atoms with Crippen molar-refractivity contribution in [2.45, 2.75) is 39.5 Å². The number of rotatable bonds is 12. The quantitative estimate of drug-likeness (QED) is 0.318. The van der Waals surface area contributed by atoms with Crippen LogP contribution in [0.4, 0.5) is 0 Å². The van der Waals surface area contributed by atoms with E-state index >= 15 is 0 Å². The fourth-order valence-electron chi connectivity index (χ4n) is 2.89. The van der Waals surface area contributed by atoms with E-state index in [2.05, 4.69) is 40.5 Å². The summed E-state index contributed by atoms with van der Waals surface area (Å²) in [5, 5.41) is 6.79. The highest BCUT2D eigenvalue weighted by atomic mass is 32.2. The van der Waals surface area contributed by atoms with Gasteiger partial charge in [0.15, 0.2) is 5.96 Å². The van der Waals surface area contributed by atoms with Gasteiger partial charge < -0.3 is 20.4 Å². The average molecular weight is 358 g/mol. The Hall–Kier alpha value is -0.460. The van der Waals surface area contributed by atoms with Gasteiger partial charge in [-0.1, -0.05) is 6.92 Å². The van der Waals surface area contributed by atoms with Crippen molar-refractivity contribution in [3.63, 3.8) is 0 Å². The predicted octanol–water partition coefficient (Wildman–Crippen LogP) is 2.10. The number of piperazine rings is 1. The van der Waals surface area contributed by atoms with Crippen molar-refractivity contribution in [2.75, 3.05) is 70.9 Å². The Bertz CT molecular complexity index is 317. The number of nitrogens with zero attached hydrogens (tertiary/aromatic N) is 3. The minimum atomic E-state index is 0.926. The maximum Gasteiger partial charge on any atom is 0.191 e. The van der Waals surface area contributed by atoms with Crippen LogP contribution in [-0.4, -0.2) is 86.7 Å². The Morgan fingerprint density at radius 1 is 0.958 bits per heavy atom. The van der Waals surface area contributed by atoms with Gasteiger partial charge in [0, 0.05) is 45.8 Å². The van der Waals surface area contributed by atoms with E-state index in [1.54, 1.807) is 0 Å². The Kier molecular flexibility index (Phi) is 13.4. The number of nitrogens with one attached hydrogen (secondary N) is 2. The van der Waals surface area contributed by atoms with E-state index in [1.807, 2.05) is 11.8 Å². The summed E-state index contributed by atoms with van der Waals surface area (Å²) >= 11 is 1.92. The number of hydrogen-bond donors (Lipinski definition) is 2. The molecule has 0 aromatic carbocycles. The zero-order valence-corrected chi connectivity index (χ0v) is 17.0. The number of unbranched alkanes of at least 4 members (excludes halogenated alkanes) is 2. The molecule has 0 atom stereocenters. The van der Waals surface area contributed by atoms with Crippen molar-refractivity contribution in [1.82, 2.24) is 20.4 Å². The molecule has 1 aliphatic heterocycles. The molecule has 0 amide bonds. The van der Waals surface area contributed by atoms with Gasteiger partial charge in [-0.15, -0.1) is 0 Å². The molecule has 0 saturated carbocycles. The van der Waals surface area contributed by atoms with Gasteiger partial charge in [0.05, 0.1) is 0 Å². The molecule has 1 heterocycles. The molecule has 0 aliphatic carbocycles. The van der Waals surface area contributed by atoms with Crippen LogP contribution >= 0.6 is 11.8 Å². The summed E-state index contributed by atoms with van der Waals surface area (Å²) in [5.74, 6) is 2.24. The SMILES string of the molecule is CCNC(=NCCCCN1CCN(CC)CC1)NCCCCSC. The van der Waals surface area contributed by atoms with Crippen LogP contribution in [0.15, 0.2) is 4.99 Å². The molecule has 6 heteroatoms. The summed E-state index contributed by atoms with van der Waals surface area (Å²) in [6.07, 6.45) is 7.09. The maximum absolute atomic E-state index is 4.70. The van der Waals surface area contributed by atoms with E-state index < -0.39 is 0 Å². The van der Waals surface area contributed by atoms with Gasteiger partial charge in [-0.25, -0.2) is 0 Å². The highest BCUT2D eigenvalue weighted by Crippen LogP contribution is 2.03. The fraction of sp³-hybridized carbons (Fsp3) is 0.944. The van der Waals surface area contributed by atoms with Crippen LogP contribution in [0, 0.1) is 0 Å². The first-order valence-corrected chi connectivity index (χ1v) is 11.1. The molecule has 0 spiro atoms. The van der Waals surface area contributed by atoms with Crippen molar-refractivity contribution in [3.8, 4) is 0 Å². The first-order valence-electron chi connectivity index (χ1n) is 9.76. The van der Waals surface area contributed by atoms with Crippen LogP contribution in [0.5, 0.6) is 0 Å². The molecular weight excluding hydrogens is 318 g/mol. The predicted molar refractivity (Wildman–Crippen MR) is 109 cm³/mol. The second-order valence-electron chi connectivity index (χ2n) is 6.37. The molecule has 0 radical (unpaired) electrons. The minimum absolute atomic E-state index is 0.926. The maximum atomic E-state index is 4.70. The van der Waals surface area contributed by atoms with Crippen molar-refractivity contribution in [1.29, 1.82) is 0 Å². The molecule has 142 valence electrons. The first kappa shape index (κ1) is 21.6. The zero-order chi connectivity index (χ0) is 17.5. The van der Waals surface area contributed by atoms with Crippen LogP contribution in [0.3, 0.4) is 0 Å². The lowest BCUT2D eigenvalue weighted by Crippen LogP contribution is -2.46. The fourth-order valence-corrected chi connectivity index (χ4v) is 3.38. The van der Waals surface area contributed by atoms with E-state index in [4.69, 9.17) is 4.99 Å². The molecule has 0 bridgehead atoms. The summed E-state index contributed by atoms with van der Waals surface area (Å²) in [5.41, 5.74) is 0. The molecule has 0 unspecified atom stereocenters. The van der Waals surface area contributed by atoms with Crippen molar-refractivity contribution in [2.24, 2.45) is 4.99 Å². The summed E-state index contributed by atoms with van der Waals surface area (Å²) in [4.78, 5) is 9.84. The highest BCUT2D eigenvalue weighted by molar-refractivity contribution is 7.98. The van der Waals surface area contributed by atoms with Gasteiger partial charge in [-0.3, -0.25) is 4.99 Å². The second kappa shape index (κ2) is 14.8. The van der Waals surface area contributed by atoms with Gasteiger partial charge in [0.1, 0.15) is 0 Å². The molecule has 0 aromatic rings. The van der Waals surface area contributed by atoms with E-state index in [0.717, 1.165) is 25.6 Å². The van der Waals surface area contributed by atoms with Crippen LogP contribution in [0.25, 0.3) is 0 Å². The van der Waals surface area contributed by atoms with Crippen LogP contribution in [0.1, 0.15) is 39.5 Å². The average Bonchev–Trinajstić information content (AvgIpc) is 2.61. The summed E-state index contributed by atoms with van der Waals surface area (Å²) < 4.78 is 0. The lowest BCUT2D eigenvalue weighted by molar-refractivity contribution is 0.136. The second-order valence-corrected chi connectivity index (χ2v) is 7.36. The third-order valence-electron chi connectivity index (χ3n) is 4.48.